The Balaban J connectivity index is 1.71. The maximum absolute atomic E-state index is 14.3. The molecule has 0 bridgehead atoms. The predicted molar refractivity (Wildman–Crippen MR) is 95.2 cm³/mol. The number of anilines is 1. The Bertz CT molecular complexity index is 955. The maximum Gasteiger partial charge on any atom is 0.260 e. The number of nitrogens with one attached hydrogen (secondary N) is 2. The summed E-state index contributed by atoms with van der Waals surface area (Å²) in [5.41, 5.74) is 2.06. The lowest BCUT2D eigenvalue weighted by Crippen LogP contribution is -2.26. The third-order valence-electron chi connectivity index (χ3n) is 3.96. The monoisotopic (exact) mass is 394 g/mol. The summed E-state index contributed by atoms with van der Waals surface area (Å²) in [7, 11) is 0. The highest BCUT2D eigenvalue weighted by Gasteiger charge is 2.22. The molecule has 140 valence electrons. The number of aromatic nitrogens is 3. The molecule has 3 rings (SSSR count). The molecule has 2 N–H and O–H groups in total. The second kappa shape index (κ2) is 7.79. The zero-order valence-corrected chi connectivity index (χ0v) is 14.8. The number of H-pyrrole nitrogens is 1. The van der Waals surface area contributed by atoms with E-state index in [-0.39, 0.29) is 11.4 Å². The molecule has 3 aromatic rings. The first kappa shape index (κ1) is 18.9. The van der Waals surface area contributed by atoms with E-state index in [1.807, 2.05) is 0 Å². The van der Waals surface area contributed by atoms with Gasteiger partial charge in [-0.1, -0.05) is 11.6 Å². The fourth-order valence-electron chi connectivity index (χ4n) is 2.54. The molecule has 0 spiro atoms. The average Bonchev–Trinajstić information content (AvgIpc) is 3.00. The first-order valence-electron chi connectivity index (χ1n) is 7.90. The van der Waals surface area contributed by atoms with Crippen LogP contribution in [-0.4, -0.2) is 27.3 Å². The fourth-order valence-corrected chi connectivity index (χ4v) is 2.65. The van der Waals surface area contributed by atoms with Gasteiger partial charge in [0.05, 0.1) is 5.69 Å². The minimum absolute atomic E-state index is 0.0201. The van der Waals surface area contributed by atoms with Crippen LogP contribution >= 0.6 is 11.6 Å². The third-order valence-corrected chi connectivity index (χ3v) is 4.32. The molecule has 0 aliphatic heterocycles. The number of benzene rings is 1. The standard InChI is InChI=1S/C18H14ClF3N4O/c1-9-16(11-2-4-23-5-3-11)25-26-17(9)24-18(27)14(22)8-10-6-12(20)15(19)13(21)7-10/h2-7,14H,8H2,1H3,(H2,24,25,26,27). The van der Waals surface area contributed by atoms with Crippen LogP contribution in [-0.2, 0) is 11.2 Å². The van der Waals surface area contributed by atoms with E-state index in [1.165, 1.54) is 0 Å². The second-order valence-corrected chi connectivity index (χ2v) is 6.22. The number of pyridine rings is 1. The van der Waals surface area contributed by atoms with Gasteiger partial charge in [0, 0.05) is 29.9 Å². The van der Waals surface area contributed by atoms with Gasteiger partial charge in [-0.3, -0.25) is 14.9 Å². The zero-order valence-electron chi connectivity index (χ0n) is 14.1. The number of amides is 1. The molecule has 1 aromatic carbocycles. The van der Waals surface area contributed by atoms with Crippen LogP contribution in [0.2, 0.25) is 5.02 Å². The highest BCUT2D eigenvalue weighted by Crippen LogP contribution is 2.26. The van der Waals surface area contributed by atoms with Crippen molar-refractivity contribution in [1.29, 1.82) is 0 Å². The number of hydrogen-bond acceptors (Lipinski definition) is 3. The molecule has 5 nitrogen and oxygen atoms in total. The van der Waals surface area contributed by atoms with E-state index >= 15 is 0 Å². The van der Waals surface area contributed by atoms with Gasteiger partial charge in [0.25, 0.3) is 5.91 Å². The zero-order chi connectivity index (χ0) is 19.6. The van der Waals surface area contributed by atoms with Crippen LogP contribution in [0.1, 0.15) is 11.1 Å². The van der Waals surface area contributed by atoms with Gasteiger partial charge in [-0.05, 0) is 36.8 Å². The normalized spacial score (nSPS) is 12.0. The lowest BCUT2D eigenvalue weighted by atomic mass is 10.1. The number of nitrogens with zero attached hydrogens (tertiary/aromatic N) is 2. The fraction of sp³-hybridized carbons (Fsp3) is 0.167. The van der Waals surface area contributed by atoms with Gasteiger partial charge < -0.3 is 5.32 Å². The number of alkyl halides is 1. The van der Waals surface area contributed by atoms with Crippen LogP contribution in [0.5, 0.6) is 0 Å². The first-order valence-corrected chi connectivity index (χ1v) is 8.28. The highest BCUT2D eigenvalue weighted by atomic mass is 35.5. The highest BCUT2D eigenvalue weighted by molar-refractivity contribution is 6.30. The molecule has 2 aromatic heterocycles. The van der Waals surface area contributed by atoms with Crippen LogP contribution in [0.25, 0.3) is 11.3 Å². The second-order valence-electron chi connectivity index (χ2n) is 5.84. The van der Waals surface area contributed by atoms with Gasteiger partial charge in [-0.2, -0.15) is 5.10 Å². The minimum Gasteiger partial charge on any atom is -0.306 e. The van der Waals surface area contributed by atoms with E-state index in [0.29, 0.717) is 11.3 Å². The van der Waals surface area contributed by atoms with Crippen molar-refractivity contribution in [2.75, 3.05) is 5.32 Å². The van der Waals surface area contributed by atoms with Crippen molar-refractivity contribution in [3.63, 3.8) is 0 Å². The molecule has 1 amide bonds. The Morgan fingerprint density at radius 3 is 2.52 bits per heavy atom. The van der Waals surface area contributed by atoms with E-state index in [0.717, 1.165) is 17.7 Å². The number of halogens is 4. The topological polar surface area (TPSA) is 70.7 Å². The minimum atomic E-state index is -2.02. The van der Waals surface area contributed by atoms with E-state index in [4.69, 9.17) is 11.6 Å². The Kier molecular flexibility index (Phi) is 5.46. The maximum atomic E-state index is 14.3. The molecule has 0 radical (unpaired) electrons. The first-order chi connectivity index (χ1) is 12.9. The summed E-state index contributed by atoms with van der Waals surface area (Å²) in [6.45, 7) is 1.71. The summed E-state index contributed by atoms with van der Waals surface area (Å²) in [6.07, 6.45) is 0.689. The van der Waals surface area contributed by atoms with Gasteiger partial charge >= 0.3 is 0 Å². The van der Waals surface area contributed by atoms with Crippen molar-refractivity contribution >= 4 is 23.3 Å². The number of rotatable bonds is 5. The molecule has 2 heterocycles. The lowest BCUT2D eigenvalue weighted by molar-refractivity contribution is -0.120. The summed E-state index contributed by atoms with van der Waals surface area (Å²) in [4.78, 5) is 16.0. The Morgan fingerprint density at radius 1 is 1.26 bits per heavy atom. The smallest absolute Gasteiger partial charge is 0.260 e. The molecule has 0 saturated heterocycles. The summed E-state index contributed by atoms with van der Waals surface area (Å²) < 4.78 is 41.1. The van der Waals surface area contributed by atoms with Gasteiger partial charge in [0.15, 0.2) is 12.0 Å². The van der Waals surface area contributed by atoms with E-state index in [9.17, 15) is 18.0 Å². The molecule has 0 saturated carbocycles. The Morgan fingerprint density at radius 2 is 1.89 bits per heavy atom. The number of carbonyl (C=O) groups is 1. The van der Waals surface area contributed by atoms with Crippen LogP contribution in [0.4, 0.5) is 19.0 Å². The van der Waals surface area contributed by atoms with Crippen molar-refractivity contribution in [2.24, 2.45) is 0 Å². The van der Waals surface area contributed by atoms with Crippen molar-refractivity contribution in [1.82, 2.24) is 15.2 Å². The molecule has 0 aliphatic carbocycles. The third kappa shape index (κ3) is 4.11. The lowest BCUT2D eigenvalue weighted by Gasteiger charge is -2.09. The molecule has 0 aliphatic rings. The average molecular weight is 395 g/mol. The molecule has 27 heavy (non-hydrogen) atoms. The molecule has 1 unspecified atom stereocenters. The van der Waals surface area contributed by atoms with Gasteiger partial charge in [-0.25, -0.2) is 13.2 Å². The van der Waals surface area contributed by atoms with Crippen molar-refractivity contribution in [3.05, 3.63) is 64.4 Å². The van der Waals surface area contributed by atoms with Crippen LogP contribution < -0.4 is 5.32 Å². The number of carbonyl (C=O) groups excluding carboxylic acids is 1. The molecule has 0 fully saturated rings. The van der Waals surface area contributed by atoms with Gasteiger partial charge in [0.2, 0.25) is 0 Å². The largest absolute Gasteiger partial charge is 0.306 e. The van der Waals surface area contributed by atoms with Gasteiger partial charge in [0.1, 0.15) is 16.7 Å². The Labute approximate surface area is 157 Å². The SMILES string of the molecule is Cc1c(NC(=O)C(F)Cc2cc(F)c(Cl)c(F)c2)n[nH]c1-c1ccncc1. The molecular formula is C18H14ClF3N4O. The van der Waals surface area contributed by atoms with Crippen molar-refractivity contribution < 1.29 is 18.0 Å². The predicted octanol–water partition coefficient (Wildman–Crippen LogP) is 4.23. The van der Waals surface area contributed by atoms with Gasteiger partial charge in [-0.15, -0.1) is 0 Å². The summed E-state index contributed by atoms with van der Waals surface area (Å²) >= 11 is 5.39. The molecular weight excluding hydrogens is 381 g/mol. The van der Waals surface area contributed by atoms with Crippen molar-refractivity contribution in [3.8, 4) is 11.3 Å². The van der Waals surface area contributed by atoms with E-state index in [1.54, 1.807) is 31.5 Å². The van der Waals surface area contributed by atoms with E-state index in [2.05, 4.69) is 20.5 Å². The van der Waals surface area contributed by atoms with Crippen LogP contribution in [0.15, 0.2) is 36.7 Å². The summed E-state index contributed by atoms with van der Waals surface area (Å²) in [5, 5.41) is 8.46. The van der Waals surface area contributed by atoms with E-state index < -0.39 is 35.2 Å². The number of hydrogen-bond donors (Lipinski definition) is 2. The quantitative estimate of drug-likeness (QED) is 0.636. The van der Waals surface area contributed by atoms with Crippen LogP contribution in [0, 0.1) is 18.6 Å². The number of aromatic amines is 1. The summed E-state index contributed by atoms with van der Waals surface area (Å²) in [6, 6.07) is 5.31. The molecule has 9 heteroatoms. The van der Waals surface area contributed by atoms with Crippen LogP contribution in [0.3, 0.4) is 0 Å². The summed E-state index contributed by atoms with van der Waals surface area (Å²) in [5.74, 6) is -2.82. The Hall–Kier alpha value is -2.87. The molecule has 1 atom stereocenters. The van der Waals surface area contributed by atoms with Crippen molar-refractivity contribution in [2.45, 2.75) is 19.5 Å².